The van der Waals surface area contributed by atoms with Gasteiger partial charge < -0.3 is 5.32 Å². The summed E-state index contributed by atoms with van der Waals surface area (Å²) >= 11 is 0. The summed E-state index contributed by atoms with van der Waals surface area (Å²) in [4.78, 5) is 6.95. The summed E-state index contributed by atoms with van der Waals surface area (Å²) in [5, 5.41) is 3.07. The number of benzene rings is 1. The number of nitrogens with one attached hydrogen (secondary N) is 1. The number of halogens is 3. The lowest BCUT2D eigenvalue weighted by Crippen LogP contribution is -2.29. The summed E-state index contributed by atoms with van der Waals surface area (Å²) in [5.74, 6) is 0. The lowest BCUT2D eigenvalue weighted by atomic mass is 9.94. The van der Waals surface area contributed by atoms with Gasteiger partial charge in [0.2, 0.25) is 0 Å². The van der Waals surface area contributed by atoms with Gasteiger partial charge in [-0.2, -0.15) is 13.2 Å². The van der Waals surface area contributed by atoms with Crippen LogP contribution in [0.25, 0.3) is 16.7 Å². The van der Waals surface area contributed by atoms with Crippen LogP contribution in [0.2, 0.25) is 0 Å². The highest BCUT2D eigenvalue weighted by atomic mass is 19.4. The third kappa shape index (κ3) is 8.32. The molecule has 0 bridgehead atoms. The highest BCUT2D eigenvalue weighted by Crippen LogP contribution is 2.29. The molecular formula is C31H38F3N3. The second kappa shape index (κ2) is 13.2. The molecule has 0 radical (unpaired) electrons. The molecule has 6 heteroatoms. The predicted octanol–water partition coefficient (Wildman–Crippen LogP) is 8.37. The molecule has 2 aromatic rings. The van der Waals surface area contributed by atoms with E-state index in [1.54, 1.807) is 13.0 Å². The smallest absolute Gasteiger partial charge is 0.356 e. The zero-order valence-corrected chi connectivity index (χ0v) is 21.1. The molecule has 1 N–H and O–H groups in total. The zero-order chi connectivity index (χ0) is 26.3. The Bertz CT molecular complexity index is 1180. The molecule has 1 aliphatic rings. The first-order valence-electron chi connectivity index (χ1n) is 12.1. The Labute approximate surface area is 219 Å². The molecule has 1 fully saturated rings. The van der Waals surface area contributed by atoms with Gasteiger partial charge in [0.1, 0.15) is 0 Å². The van der Waals surface area contributed by atoms with Crippen molar-refractivity contribution in [2.75, 3.05) is 13.1 Å². The minimum Gasteiger partial charge on any atom is -0.356 e. The third-order valence-corrected chi connectivity index (χ3v) is 6.34. The highest BCUT2D eigenvalue weighted by Gasteiger charge is 2.29. The summed E-state index contributed by atoms with van der Waals surface area (Å²) in [6.45, 7) is 18.2. The van der Waals surface area contributed by atoms with Gasteiger partial charge in [0.25, 0.3) is 0 Å². The van der Waals surface area contributed by atoms with E-state index < -0.39 is 11.7 Å². The molecule has 0 aliphatic carbocycles. The van der Waals surface area contributed by atoms with Crippen LogP contribution < -0.4 is 5.32 Å². The normalized spacial score (nSPS) is 14.8. The topological polar surface area (TPSA) is 28.2 Å². The summed E-state index contributed by atoms with van der Waals surface area (Å²) in [6, 6.07) is 8.34. The van der Waals surface area contributed by atoms with Crippen LogP contribution in [0, 0.1) is 6.92 Å². The van der Waals surface area contributed by atoms with Crippen molar-refractivity contribution in [3.8, 4) is 11.1 Å². The second-order valence-corrected chi connectivity index (χ2v) is 9.13. The van der Waals surface area contributed by atoms with Gasteiger partial charge in [-0.25, -0.2) is 0 Å². The molecule has 1 aliphatic heterocycles. The van der Waals surface area contributed by atoms with Gasteiger partial charge in [-0.05, 0) is 91.9 Å². The van der Waals surface area contributed by atoms with Gasteiger partial charge in [-0.3, -0.25) is 9.88 Å². The number of allylic oxidation sites excluding steroid dienone is 5. The lowest BCUT2D eigenvalue weighted by molar-refractivity contribution is -0.0878. The number of hydrogen-bond acceptors (Lipinski definition) is 3. The maximum atomic E-state index is 12.8. The molecule has 1 saturated heterocycles. The number of likely N-dealkylation sites (tertiary alicyclic amines) is 1. The van der Waals surface area contributed by atoms with Crippen LogP contribution in [0.1, 0.15) is 50.3 Å². The molecule has 0 saturated carbocycles. The van der Waals surface area contributed by atoms with Crippen molar-refractivity contribution in [1.82, 2.24) is 15.2 Å². The Balaban J connectivity index is 0.00000481. The predicted molar refractivity (Wildman–Crippen MR) is 150 cm³/mol. The molecule has 198 valence electrons. The summed E-state index contributed by atoms with van der Waals surface area (Å²) in [5.41, 5.74) is 5.87. The molecular weight excluding hydrogens is 471 g/mol. The van der Waals surface area contributed by atoms with E-state index in [9.17, 15) is 13.2 Å². The average molecular weight is 510 g/mol. The van der Waals surface area contributed by atoms with E-state index in [1.165, 1.54) is 30.9 Å². The molecule has 0 amide bonds. The number of nitrogens with zero attached hydrogens (tertiary/aromatic N) is 2. The fourth-order valence-electron chi connectivity index (χ4n) is 4.14. The molecule has 37 heavy (non-hydrogen) atoms. The van der Waals surface area contributed by atoms with Gasteiger partial charge >= 0.3 is 6.18 Å². The number of pyridine rings is 1. The SMILES string of the molecule is C.C=C(NC(/C=C\C(=C)C(F)(F)F)=C/C)C(=C)c1cc(-c2cncc(CN3CCCCC3)c2)ccc1C. The maximum Gasteiger partial charge on any atom is 0.415 e. The van der Waals surface area contributed by atoms with Crippen molar-refractivity contribution < 1.29 is 13.2 Å². The van der Waals surface area contributed by atoms with Crippen LogP contribution in [0.5, 0.6) is 0 Å². The van der Waals surface area contributed by atoms with Gasteiger partial charge in [0.15, 0.2) is 0 Å². The number of hydrogen-bond donors (Lipinski definition) is 1. The van der Waals surface area contributed by atoms with Crippen molar-refractivity contribution in [1.29, 1.82) is 0 Å². The molecule has 1 aromatic heterocycles. The Morgan fingerprint density at radius 3 is 2.38 bits per heavy atom. The van der Waals surface area contributed by atoms with E-state index in [1.807, 2.05) is 25.4 Å². The van der Waals surface area contributed by atoms with Crippen LogP contribution in [0.15, 0.2) is 91.6 Å². The van der Waals surface area contributed by atoms with Crippen LogP contribution >= 0.6 is 0 Å². The quantitative estimate of drug-likeness (QED) is 0.344. The number of rotatable bonds is 9. The number of alkyl halides is 3. The average Bonchev–Trinajstić information content (AvgIpc) is 2.86. The zero-order valence-electron chi connectivity index (χ0n) is 21.1. The Morgan fingerprint density at radius 2 is 1.73 bits per heavy atom. The fraction of sp³-hybridized carbons (Fsp3) is 0.323. The van der Waals surface area contributed by atoms with Crippen LogP contribution in [-0.2, 0) is 6.54 Å². The Morgan fingerprint density at radius 1 is 1.03 bits per heavy atom. The molecule has 3 nitrogen and oxygen atoms in total. The van der Waals surface area contributed by atoms with E-state index in [0.29, 0.717) is 17.0 Å². The second-order valence-electron chi connectivity index (χ2n) is 9.13. The number of piperidine rings is 1. The first-order valence-corrected chi connectivity index (χ1v) is 12.1. The van der Waals surface area contributed by atoms with E-state index >= 15 is 0 Å². The maximum absolute atomic E-state index is 12.8. The molecule has 0 spiro atoms. The summed E-state index contributed by atoms with van der Waals surface area (Å²) in [7, 11) is 0. The summed E-state index contributed by atoms with van der Waals surface area (Å²) < 4.78 is 38.3. The first-order chi connectivity index (χ1) is 17.1. The van der Waals surface area contributed by atoms with Crippen molar-refractivity contribution in [3.05, 3.63) is 108 Å². The van der Waals surface area contributed by atoms with Gasteiger partial charge in [0.05, 0.1) is 0 Å². The number of aromatic nitrogens is 1. The van der Waals surface area contributed by atoms with Crippen LogP contribution in [0.4, 0.5) is 13.2 Å². The third-order valence-electron chi connectivity index (χ3n) is 6.34. The van der Waals surface area contributed by atoms with Gasteiger partial charge in [0, 0.05) is 41.5 Å². The van der Waals surface area contributed by atoms with Crippen LogP contribution in [0.3, 0.4) is 0 Å². The van der Waals surface area contributed by atoms with E-state index in [4.69, 9.17) is 0 Å². The van der Waals surface area contributed by atoms with Crippen molar-refractivity contribution in [3.63, 3.8) is 0 Å². The number of aryl methyl sites for hydroxylation is 1. The Kier molecular flexibility index (Phi) is 10.7. The highest BCUT2D eigenvalue weighted by molar-refractivity contribution is 5.81. The van der Waals surface area contributed by atoms with Crippen molar-refractivity contribution in [2.24, 2.45) is 0 Å². The monoisotopic (exact) mass is 509 g/mol. The minimum absolute atomic E-state index is 0. The van der Waals surface area contributed by atoms with Crippen LogP contribution in [-0.4, -0.2) is 29.1 Å². The molecule has 3 rings (SSSR count). The Hall–Kier alpha value is -3.38. The molecule has 1 aromatic carbocycles. The molecule has 0 atom stereocenters. The standard InChI is InChI=1S/C30H34F3N3.CH4/c1-6-28(13-11-22(3)30(31,32)33)35-24(5)23(4)29-17-26(12-10-21(29)2)27-16-25(18-34-19-27)20-36-14-8-7-9-15-36;/h6,10-13,16-19,35H,3-5,7-9,14-15,20H2,1-2H3;1H4/b13-11-,28-6+;. The van der Waals surface area contributed by atoms with Crippen molar-refractivity contribution >= 4 is 5.57 Å². The molecule has 0 unspecified atom stereocenters. The minimum atomic E-state index is -4.46. The van der Waals surface area contributed by atoms with E-state index in [2.05, 4.69) is 53.1 Å². The van der Waals surface area contributed by atoms with Crippen molar-refractivity contribution in [2.45, 2.75) is 53.3 Å². The lowest BCUT2D eigenvalue weighted by Gasteiger charge is -2.26. The van der Waals surface area contributed by atoms with Gasteiger partial charge in [-0.1, -0.05) is 51.8 Å². The fourth-order valence-corrected chi connectivity index (χ4v) is 4.14. The van der Waals surface area contributed by atoms with E-state index in [0.717, 1.165) is 48.0 Å². The van der Waals surface area contributed by atoms with Gasteiger partial charge in [-0.15, -0.1) is 0 Å². The summed E-state index contributed by atoms with van der Waals surface area (Å²) in [6.07, 6.45) is 7.06. The molecule has 2 heterocycles. The first kappa shape index (κ1) is 29.8. The largest absolute Gasteiger partial charge is 0.415 e. The van der Waals surface area contributed by atoms with E-state index in [-0.39, 0.29) is 7.43 Å².